The maximum absolute atomic E-state index is 13.8. The number of carbonyl (C=O) groups excluding carboxylic acids is 5. The molecule has 0 saturated heterocycles. The Kier molecular flexibility index (Phi) is 8.56. The summed E-state index contributed by atoms with van der Waals surface area (Å²) in [5.41, 5.74) is -0.929. The summed E-state index contributed by atoms with van der Waals surface area (Å²) in [6.45, 7) is 3.02. The summed E-state index contributed by atoms with van der Waals surface area (Å²) in [5.74, 6) is -2.31. The lowest BCUT2D eigenvalue weighted by molar-refractivity contribution is -0.167. The van der Waals surface area contributed by atoms with Crippen LogP contribution in [0.5, 0.6) is 0 Å². The minimum absolute atomic E-state index is 0.00899. The van der Waals surface area contributed by atoms with E-state index in [1.54, 1.807) is 0 Å². The van der Waals surface area contributed by atoms with Crippen LogP contribution in [-0.2, 0) is 43.6 Å². The molecular formula is C28H37F2O10S-. The molecule has 0 aromatic heterocycles. The van der Waals surface area contributed by atoms with Crippen LogP contribution < -0.4 is 0 Å². The van der Waals surface area contributed by atoms with E-state index in [4.69, 9.17) is 4.74 Å². The van der Waals surface area contributed by atoms with Gasteiger partial charge in [0.15, 0.2) is 23.3 Å². The number of rotatable bonds is 9. The summed E-state index contributed by atoms with van der Waals surface area (Å²) in [6, 6.07) is 0. The maximum Gasteiger partial charge on any atom is 0.367 e. The van der Waals surface area contributed by atoms with Gasteiger partial charge >= 0.3 is 17.2 Å². The van der Waals surface area contributed by atoms with Gasteiger partial charge in [-0.25, -0.2) is 13.2 Å². The van der Waals surface area contributed by atoms with Crippen LogP contribution in [0.4, 0.5) is 8.78 Å². The van der Waals surface area contributed by atoms with E-state index < -0.39 is 45.9 Å². The molecule has 0 radical (unpaired) electrons. The van der Waals surface area contributed by atoms with Crippen LogP contribution >= 0.6 is 0 Å². The fourth-order valence-electron chi connectivity index (χ4n) is 8.43. The predicted octanol–water partition coefficient (Wildman–Crippen LogP) is 3.21. The number of esters is 2. The van der Waals surface area contributed by atoms with Crippen molar-refractivity contribution in [3.05, 3.63) is 0 Å². The quantitative estimate of drug-likeness (QED) is 0.283. The van der Waals surface area contributed by atoms with Crippen molar-refractivity contribution in [3.8, 4) is 0 Å². The first-order valence-electron chi connectivity index (χ1n) is 14.1. The molecule has 4 fully saturated rings. The van der Waals surface area contributed by atoms with Crippen molar-refractivity contribution in [1.82, 2.24) is 0 Å². The van der Waals surface area contributed by atoms with Crippen molar-refractivity contribution >= 4 is 39.4 Å². The van der Waals surface area contributed by atoms with E-state index in [2.05, 4.69) is 11.7 Å². The average Bonchev–Trinajstić information content (AvgIpc) is 3.24. The SMILES string of the molecule is C[C@H](CCC(=O)OCC(=O)OCC(F)(F)S(=O)(=O)[O-])[C@H]1CC[C@H]2[C@@H]3C(=O)C[C@@H]4CC(=O)CC[C@]4(C)[C@H]3CC(=O)[C@]12C. The lowest BCUT2D eigenvalue weighted by Gasteiger charge is -2.58. The van der Waals surface area contributed by atoms with E-state index in [0.717, 1.165) is 12.8 Å². The molecule has 0 heterocycles. The van der Waals surface area contributed by atoms with Crippen LogP contribution in [0, 0.1) is 46.3 Å². The normalized spacial score (nSPS) is 36.1. The molecule has 230 valence electrons. The number of ketones is 3. The Morgan fingerprint density at radius 1 is 1.05 bits per heavy atom. The van der Waals surface area contributed by atoms with Crippen LogP contribution in [0.25, 0.3) is 0 Å². The van der Waals surface area contributed by atoms with Gasteiger partial charge in [0.1, 0.15) is 17.3 Å². The zero-order valence-corrected chi connectivity index (χ0v) is 24.3. The van der Waals surface area contributed by atoms with Gasteiger partial charge in [-0.1, -0.05) is 20.8 Å². The average molecular weight is 604 g/mol. The van der Waals surface area contributed by atoms with Crippen LogP contribution in [0.1, 0.15) is 78.6 Å². The third-order valence-electron chi connectivity index (χ3n) is 10.8. The minimum atomic E-state index is -6.02. The summed E-state index contributed by atoms with van der Waals surface area (Å²) >= 11 is 0. The molecule has 0 N–H and O–H groups in total. The molecule has 13 heteroatoms. The summed E-state index contributed by atoms with van der Waals surface area (Å²) in [4.78, 5) is 63.2. The highest BCUT2D eigenvalue weighted by Crippen LogP contribution is 2.66. The van der Waals surface area contributed by atoms with Gasteiger partial charge in [0.2, 0.25) is 0 Å². The largest absolute Gasteiger partial charge is 0.743 e. The lowest BCUT2D eigenvalue weighted by Crippen LogP contribution is -2.60. The van der Waals surface area contributed by atoms with Gasteiger partial charge in [0.25, 0.3) is 0 Å². The van der Waals surface area contributed by atoms with Crippen LogP contribution in [0.15, 0.2) is 0 Å². The van der Waals surface area contributed by atoms with Crippen molar-refractivity contribution in [1.29, 1.82) is 0 Å². The zero-order valence-electron chi connectivity index (χ0n) is 23.5. The smallest absolute Gasteiger partial charge is 0.367 e. The third kappa shape index (κ3) is 5.72. The van der Waals surface area contributed by atoms with Gasteiger partial charge in [-0.3, -0.25) is 19.2 Å². The monoisotopic (exact) mass is 603 g/mol. The first kappa shape index (κ1) is 31.7. The molecule has 0 amide bonds. The highest BCUT2D eigenvalue weighted by Gasteiger charge is 2.66. The van der Waals surface area contributed by atoms with E-state index in [1.165, 1.54) is 0 Å². The van der Waals surface area contributed by atoms with E-state index in [9.17, 15) is 45.7 Å². The Hall–Kier alpha value is -2.28. The van der Waals surface area contributed by atoms with Crippen molar-refractivity contribution in [2.75, 3.05) is 13.2 Å². The molecule has 4 aliphatic carbocycles. The fourth-order valence-corrected chi connectivity index (χ4v) is 8.63. The Morgan fingerprint density at radius 3 is 2.39 bits per heavy atom. The topological polar surface area (TPSA) is 161 Å². The molecule has 10 nitrogen and oxygen atoms in total. The number of hydrogen-bond donors (Lipinski definition) is 0. The highest BCUT2D eigenvalue weighted by atomic mass is 32.2. The first-order valence-corrected chi connectivity index (χ1v) is 15.5. The standard InChI is InChI=1S/C28H38F2O10S/c1-15(4-7-23(34)39-13-24(35)40-14-28(29,30)41(36,37)38)18-5-6-19-25-20(12-22(33)27(18,19)3)26(2)9-8-17(31)10-16(26)11-21(25)32/h15-16,18-20,25H,4-14H2,1-3H3,(H,36,37,38)/p-1/t15-,16+,18-,19+,20+,25+,26+,27-/m1/s1. The van der Waals surface area contributed by atoms with Gasteiger partial charge in [0.05, 0.1) is 0 Å². The van der Waals surface area contributed by atoms with Crippen molar-refractivity contribution in [2.45, 2.75) is 83.8 Å². The van der Waals surface area contributed by atoms with Crippen LogP contribution in [0.2, 0.25) is 0 Å². The van der Waals surface area contributed by atoms with E-state index in [-0.39, 0.29) is 64.7 Å². The molecule has 4 rings (SSSR count). The second-order valence-corrected chi connectivity index (χ2v) is 14.4. The number of fused-ring (bicyclic) bond motifs is 5. The second kappa shape index (κ2) is 11.1. The Bertz CT molecular complexity index is 1230. The zero-order chi connectivity index (χ0) is 30.5. The number of halogens is 2. The summed E-state index contributed by atoms with van der Waals surface area (Å²) in [5, 5.41) is -4.80. The molecule has 0 aliphatic heterocycles. The Labute approximate surface area is 238 Å². The second-order valence-electron chi connectivity index (χ2n) is 12.9. The number of carbonyl (C=O) groups is 5. The van der Waals surface area contributed by atoms with Crippen molar-refractivity contribution in [2.24, 2.45) is 46.3 Å². The van der Waals surface area contributed by atoms with E-state index in [0.29, 0.717) is 38.5 Å². The maximum atomic E-state index is 13.8. The summed E-state index contributed by atoms with van der Waals surface area (Å²) < 4.78 is 66.4. The van der Waals surface area contributed by atoms with Crippen LogP contribution in [-0.4, -0.2) is 60.7 Å². The molecule has 0 aromatic carbocycles. The van der Waals surface area contributed by atoms with Crippen LogP contribution in [0.3, 0.4) is 0 Å². The molecule has 8 atom stereocenters. The fraction of sp³-hybridized carbons (Fsp3) is 0.821. The van der Waals surface area contributed by atoms with Crippen molar-refractivity contribution in [3.63, 3.8) is 0 Å². The molecule has 4 aliphatic rings. The minimum Gasteiger partial charge on any atom is -0.743 e. The third-order valence-corrected chi connectivity index (χ3v) is 11.7. The number of Topliss-reactive ketones (excluding diaryl/α,β-unsaturated/α-hetero) is 3. The van der Waals surface area contributed by atoms with Crippen molar-refractivity contribution < 1.29 is 55.2 Å². The first-order chi connectivity index (χ1) is 18.9. The molecule has 41 heavy (non-hydrogen) atoms. The summed E-state index contributed by atoms with van der Waals surface area (Å²) in [7, 11) is -6.02. The molecule has 0 spiro atoms. The van der Waals surface area contributed by atoms with E-state index in [1.807, 2.05) is 13.8 Å². The summed E-state index contributed by atoms with van der Waals surface area (Å²) in [6.07, 6.45) is 3.94. The van der Waals surface area contributed by atoms with Gasteiger partial charge in [0, 0.05) is 43.4 Å². The lowest BCUT2D eigenvalue weighted by atomic mass is 9.44. The number of ether oxygens (including phenoxy) is 2. The molecule has 0 bridgehead atoms. The van der Waals surface area contributed by atoms with E-state index >= 15 is 0 Å². The Balaban J connectivity index is 1.33. The molecular weight excluding hydrogens is 566 g/mol. The van der Waals surface area contributed by atoms with Gasteiger partial charge < -0.3 is 14.0 Å². The van der Waals surface area contributed by atoms with Gasteiger partial charge in [-0.2, -0.15) is 8.78 Å². The molecule has 4 saturated carbocycles. The number of alkyl halides is 2. The molecule has 0 unspecified atom stereocenters. The predicted molar refractivity (Wildman–Crippen MR) is 136 cm³/mol. The Morgan fingerprint density at radius 2 is 1.73 bits per heavy atom. The number of hydrogen-bond acceptors (Lipinski definition) is 10. The van der Waals surface area contributed by atoms with Gasteiger partial charge in [-0.15, -0.1) is 0 Å². The molecule has 0 aromatic rings. The highest BCUT2D eigenvalue weighted by molar-refractivity contribution is 7.86. The van der Waals surface area contributed by atoms with Gasteiger partial charge in [-0.05, 0) is 60.7 Å².